The van der Waals surface area contributed by atoms with Crippen molar-refractivity contribution in [3.63, 3.8) is 0 Å². The largest absolute Gasteiger partial charge is 0.379 e. The van der Waals surface area contributed by atoms with Crippen molar-refractivity contribution in [3.05, 3.63) is 47.2 Å². The molecule has 1 aromatic carbocycles. The molecule has 1 N–H and O–H groups in total. The molecule has 11 nitrogen and oxygen atoms in total. The quantitative estimate of drug-likeness (QED) is 0.397. The van der Waals surface area contributed by atoms with Crippen molar-refractivity contribution in [3.8, 4) is 10.4 Å². The van der Waals surface area contributed by atoms with Gasteiger partial charge in [-0.1, -0.05) is 17.4 Å². The highest BCUT2D eigenvalue weighted by Gasteiger charge is 2.42. The number of nitrogens with one attached hydrogen (secondary N) is 1. The predicted molar refractivity (Wildman–Crippen MR) is 163 cm³/mol. The number of benzene rings is 1. The number of morpholine rings is 1. The van der Waals surface area contributed by atoms with E-state index in [4.69, 9.17) is 9.72 Å². The standard InChI is InChI=1S/C30H34N6O5S2/c1-18-28(42-30(31-18)33-24-5-3-6-25(32-24)35-10-4-7-26(35)37)21-15-22-17-36(19(2)20-8-9-20)29(38)27(22)23(16-21)43(39,40)34-11-13-41-14-12-34/h3,5-6,15-16,19-20H,4,7-14,17H2,1-2H3,(H,31,32,33)/t19-/m0/s1. The van der Waals surface area contributed by atoms with Gasteiger partial charge in [0.05, 0.1) is 34.2 Å². The van der Waals surface area contributed by atoms with Gasteiger partial charge in [-0.05, 0) is 74.4 Å². The zero-order valence-electron chi connectivity index (χ0n) is 24.2. The Kier molecular flexibility index (Phi) is 7.23. The molecule has 3 fully saturated rings. The first-order valence-corrected chi connectivity index (χ1v) is 17.0. The van der Waals surface area contributed by atoms with Gasteiger partial charge in [0.1, 0.15) is 11.6 Å². The Hall–Kier alpha value is -3.39. The summed E-state index contributed by atoms with van der Waals surface area (Å²) in [5, 5.41) is 3.87. The number of hydrogen-bond donors (Lipinski definition) is 1. The highest BCUT2D eigenvalue weighted by Crippen LogP contribution is 2.43. The molecule has 2 amide bonds. The van der Waals surface area contributed by atoms with Crippen molar-refractivity contribution in [1.29, 1.82) is 0 Å². The number of sulfonamides is 1. The number of aryl methyl sites for hydroxylation is 1. The summed E-state index contributed by atoms with van der Waals surface area (Å²) in [6.07, 6.45) is 3.53. The van der Waals surface area contributed by atoms with Gasteiger partial charge in [-0.3, -0.25) is 14.5 Å². The molecule has 0 unspecified atom stereocenters. The van der Waals surface area contributed by atoms with E-state index in [0.29, 0.717) is 66.5 Å². The monoisotopic (exact) mass is 622 g/mol. The first kappa shape index (κ1) is 28.4. The highest BCUT2D eigenvalue weighted by atomic mass is 32.2. The molecule has 2 saturated heterocycles. The lowest BCUT2D eigenvalue weighted by atomic mass is 10.0. The van der Waals surface area contributed by atoms with E-state index >= 15 is 0 Å². The first-order chi connectivity index (χ1) is 20.7. The predicted octanol–water partition coefficient (Wildman–Crippen LogP) is 4.16. The van der Waals surface area contributed by atoms with Crippen LogP contribution in [0.1, 0.15) is 54.2 Å². The van der Waals surface area contributed by atoms with Crippen molar-refractivity contribution in [1.82, 2.24) is 19.2 Å². The van der Waals surface area contributed by atoms with Crippen molar-refractivity contribution in [2.75, 3.05) is 43.1 Å². The summed E-state index contributed by atoms with van der Waals surface area (Å²) in [5.74, 6) is 1.49. The summed E-state index contributed by atoms with van der Waals surface area (Å²) >= 11 is 1.40. The molecule has 4 aliphatic rings. The van der Waals surface area contributed by atoms with E-state index in [2.05, 4.69) is 17.2 Å². The lowest BCUT2D eigenvalue weighted by Crippen LogP contribution is -2.41. The Morgan fingerprint density at radius 2 is 1.88 bits per heavy atom. The molecular formula is C30H34N6O5S2. The number of ether oxygens (including phenoxy) is 1. The molecule has 7 rings (SSSR count). The fraction of sp³-hybridized carbons (Fsp3) is 0.467. The van der Waals surface area contributed by atoms with Crippen LogP contribution in [0.15, 0.2) is 35.2 Å². The zero-order chi connectivity index (χ0) is 29.9. The van der Waals surface area contributed by atoms with E-state index in [1.165, 1.54) is 15.6 Å². The number of amides is 2. The number of hydrogen-bond acceptors (Lipinski definition) is 9. The van der Waals surface area contributed by atoms with Crippen molar-refractivity contribution in [2.45, 2.75) is 57.0 Å². The Bertz CT molecular complexity index is 1710. The van der Waals surface area contributed by atoms with Gasteiger partial charge in [0.2, 0.25) is 15.9 Å². The third-order valence-corrected chi connectivity index (χ3v) is 11.8. The number of carbonyl (C=O) groups excluding carboxylic acids is 2. The van der Waals surface area contributed by atoms with Crippen molar-refractivity contribution >= 4 is 49.9 Å². The molecule has 3 aliphatic heterocycles. The van der Waals surface area contributed by atoms with Gasteiger partial charge in [-0.2, -0.15) is 4.31 Å². The van der Waals surface area contributed by atoms with Crippen LogP contribution in [-0.2, 0) is 26.1 Å². The number of anilines is 3. The minimum atomic E-state index is -3.94. The van der Waals surface area contributed by atoms with Crippen molar-refractivity contribution in [2.24, 2.45) is 5.92 Å². The SMILES string of the molecule is Cc1nc(Nc2cccc(N3CCCC3=O)n2)sc1-c1cc2c(c(S(=O)(=O)N3CCOCC3)c1)C(=O)N([C@@H](C)C1CC1)C2. The molecule has 0 bridgehead atoms. The number of carbonyl (C=O) groups is 2. The molecule has 1 aliphatic carbocycles. The van der Waals surface area contributed by atoms with E-state index in [9.17, 15) is 18.0 Å². The van der Waals surface area contributed by atoms with Crippen LogP contribution in [-0.4, -0.2) is 78.3 Å². The van der Waals surface area contributed by atoms with E-state index in [0.717, 1.165) is 35.4 Å². The maximum atomic E-state index is 14.0. The molecule has 0 radical (unpaired) electrons. The summed E-state index contributed by atoms with van der Waals surface area (Å²) in [4.78, 5) is 39.7. The molecule has 13 heteroatoms. The fourth-order valence-electron chi connectivity index (χ4n) is 6.22. The second-order valence-corrected chi connectivity index (χ2v) is 14.5. The molecule has 1 atom stereocenters. The topological polar surface area (TPSA) is 125 Å². The zero-order valence-corrected chi connectivity index (χ0v) is 25.8. The summed E-state index contributed by atoms with van der Waals surface area (Å²) in [7, 11) is -3.94. The van der Waals surface area contributed by atoms with Crippen LogP contribution in [0.3, 0.4) is 0 Å². The lowest BCUT2D eigenvalue weighted by molar-refractivity contribution is -0.117. The Labute approximate surface area is 254 Å². The second-order valence-electron chi connectivity index (χ2n) is 11.6. The van der Waals surface area contributed by atoms with E-state index < -0.39 is 10.0 Å². The molecule has 5 heterocycles. The Morgan fingerprint density at radius 1 is 1.09 bits per heavy atom. The summed E-state index contributed by atoms with van der Waals surface area (Å²) in [6, 6.07) is 9.16. The molecule has 1 saturated carbocycles. The van der Waals surface area contributed by atoms with Crippen LogP contribution in [0.2, 0.25) is 0 Å². The molecule has 3 aromatic rings. The number of nitrogens with zero attached hydrogens (tertiary/aromatic N) is 5. The average Bonchev–Trinajstić information content (AvgIpc) is 3.55. The minimum Gasteiger partial charge on any atom is -0.379 e. The van der Waals surface area contributed by atoms with Gasteiger partial charge in [-0.25, -0.2) is 18.4 Å². The molecular weight excluding hydrogens is 589 g/mol. The highest BCUT2D eigenvalue weighted by molar-refractivity contribution is 7.89. The lowest BCUT2D eigenvalue weighted by Gasteiger charge is -2.27. The van der Waals surface area contributed by atoms with Crippen LogP contribution >= 0.6 is 11.3 Å². The molecule has 0 spiro atoms. The Balaban J connectivity index is 1.24. The van der Waals surface area contributed by atoms with Gasteiger partial charge in [0.25, 0.3) is 5.91 Å². The smallest absolute Gasteiger partial charge is 0.256 e. The van der Waals surface area contributed by atoms with E-state index in [1.807, 2.05) is 36.1 Å². The third kappa shape index (κ3) is 5.22. The van der Waals surface area contributed by atoms with Crippen LogP contribution in [0.5, 0.6) is 0 Å². The Morgan fingerprint density at radius 3 is 2.60 bits per heavy atom. The number of fused-ring (bicyclic) bond motifs is 1. The van der Waals surface area contributed by atoms with Crippen LogP contribution in [0, 0.1) is 12.8 Å². The van der Waals surface area contributed by atoms with Crippen LogP contribution in [0.4, 0.5) is 16.8 Å². The third-order valence-electron chi connectivity index (χ3n) is 8.76. The molecule has 43 heavy (non-hydrogen) atoms. The van der Waals surface area contributed by atoms with Gasteiger partial charge >= 0.3 is 0 Å². The van der Waals surface area contributed by atoms with E-state index in [1.54, 1.807) is 11.0 Å². The summed E-state index contributed by atoms with van der Waals surface area (Å²) < 4.78 is 34.9. The van der Waals surface area contributed by atoms with Crippen molar-refractivity contribution < 1.29 is 22.7 Å². The number of thiazole rings is 1. The maximum Gasteiger partial charge on any atom is 0.256 e. The van der Waals surface area contributed by atoms with Gasteiger partial charge < -0.3 is 15.0 Å². The van der Waals surface area contributed by atoms with Crippen LogP contribution < -0.4 is 10.2 Å². The summed E-state index contributed by atoms with van der Waals surface area (Å²) in [5.41, 5.74) is 2.47. The van der Waals surface area contributed by atoms with Gasteiger partial charge in [0, 0.05) is 38.6 Å². The number of aromatic nitrogens is 2. The number of rotatable bonds is 8. The van der Waals surface area contributed by atoms with E-state index in [-0.39, 0.29) is 35.8 Å². The molecule has 226 valence electrons. The van der Waals surface area contributed by atoms with Gasteiger partial charge in [-0.15, -0.1) is 0 Å². The summed E-state index contributed by atoms with van der Waals surface area (Å²) in [6.45, 7) is 6.14. The normalized spacial score (nSPS) is 20.1. The average molecular weight is 623 g/mol. The second kappa shape index (κ2) is 11.0. The molecule has 2 aromatic heterocycles. The maximum absolute atomic E-state index is 14.0. The number of pyridine rings is 1. The van der Waals surface area contributed by atoms with Crippen LogP contribution in [0.25, 0.3) is 10.4 Å². The minimum absolute atomic E-state index is 0.0577. The fourth-order valence-corrected chi connectivity index (χ4v) is 8.84. The first-order valence-electron chi connectivity index (χ1n) is 14.8. The van der Waals surface area contributed by atoms with Gasteiger partial charge in [0.15, 0.2) is 5.13 Å².